The number of methoxy groups -OCH3 is 2. The summed E-state index contributed by atoms with van der Waals surface area (Å²) in [6.07, 6.45) is 0.733. The Morgan fingerprint density at radius 3 is 2.14 bits per heavy atom. The van der Waals surface area contributed by atoms with Crippen LogP contribution in [0.15, 0.2) is 48.5 Å². The van der Waals surface area contributed by atoms with Crippen LogP contribution in [-0.2, 0) is 4.79 Å². The Balaban J connectivity index is 2.20. The van der Waals surface area contributed by atoms with E-state index in [9.17, 15) is 4.79 Å². The van der Waals surface area contributed by atoms with E-state index in [1.807, 2.05) is 37.3 Å². The van der Waals surface area contributed by atoms with Crippen LogP contribution < -0.4 is 14.8 Å². The number of nitrogens with one attached hydrogen (secondary N) is 1. The predicted molar refractivity (Wildman–Crippen MR) is 87.6 cm³/mol. The highest BCUT2D eigenvalue weighted by atomic mass is 16.5. The van der Waals surface area contributed by atoms with Crippen molar-refractivity contribution < 1.29 is 14.3 Å². The van der Waals surface area contributed by atoms with Gasteiger partial charge in [-0.25, -0.2) is 0 Å². The lowest BCUT2D eigenvalue weighted by atomic mass is 9.95. The molecular weight excluding hydrogens is 278 g/mol. The van der Waals surface area contributed by atoms with E-state index in [1.165, 1.54) is 0 Å². The number of hydrogen-bond acceptors (Lipinski definition) is 3. The van der Waals surface area contributed by atoms with Gasteiger partial charge in [-0.1, -0.05) is 37.3 Å². The third kappa shape index (κ3) is 3.79. The first-order valence-electron chi connectivity index (χ1n) is 7.26. The molecule has 1 amide bonds. The van der Waals surface area contributed by atoms with Crippen LogP contribution in [0.4, 0.5) is 5.69 Å². The van der Waals surface area contributed by atoms with Gasteiger partial charge in [-0.2, -0.15) is 0 Å². The summed E-state index contributed by atoms with van der Waals surface area (Å²) < 4.78 is 10.4. The summed E-state index contributed by atoms with van der Waals surface area (Å²) in [6, 6.07) is 15.1. The zero-order valence-corrected chi connectivity index (χ0v) is 13.1. The molecule has 0 unspecified atom stereocenters. The smallest absolute Gasteiger partial charge is 0.231 e. The Morgan fingerprint density at radius 1 is 1.05 bits per heavy atom. The molecule has 0 radical (unpaired) electrons. The van der Waals surface area contributed by atoms with Gasteiger partial charge in [0.05, 0.1) is 20.1 Å². The van der Waals surface area contributed by atoms with Crippen molar-refractivity contribution in [1.29, 1.82) is 0 Å². The molecule has 0 aliphatic carbocycles. The van der Waals surface area contributed by atoms with Gasteiger partial charge in [0.1, 0.15) is 11.5 Å². The number of anilines is 1. The minimum Gasteiger partial charge on any atom is -0.497 e. The van der Waals surface area contributed by atoms with Crippen LogP contribution in [0.2, 0.25) is 0 Å². The molecule has 0 aromatic heterocycles. The molecule has 22 heavy (non-hydrogen) atoms. The average molecular weight is 299 g/mol. The summed E-state index contributed by atoms with van der Waals surface area (Å²) in [5, 5.41) is 2.94. The molecule has 0 heterocycles. The van der Waals surface area contributed by atoms with E-state index in [0.29, 0.717) is 17.2 Å². The maximum absolute atomic E-state index is 12.6. The lowest BCUT2D eigenvalue weighted by Gasteiger charge is -2.16. The van der Waals surface area contributed by atoms with E-state index in [-0.39, 0.29) is 11.8 Å². The quantitative estimate of drug-likeness (QED) is 0.881. The molecule has 0 saturated carbocycles. The number of carbonyl (C=O) groups excluding carboxylic acids is 1. The number of benzene rings is 2. The largest absolute Gasteiger partial charge is 0.497 e. The second kappa shape index (κ2) is 7.50. The standard InChI is InChI=1S/C18H21NO3/c1-4-17(13-8-6-5-7-9-13)18(20)19-14-10-15(21-2)12-16(11-14)22-3/h5-12,17H,4H2,1-3H3,(H,19,20)/t17-/m0/s1. The minimum absolute atomic E-state index is 0.0380. The van der Waals surface area contributed by atoms with Crippen LogP contribution in [0.1, 0.15) is 24.8 Å². The molecular formula is C18H21NO3. The van der Waals surface area contributed by atoms with Crippen molar-refractivity contribution in [3.8, 4) is 11.5 Å². The maximum atomic E-state index is 12.6. The second-order valence-corrected chi connectivity index (χ2v) is 4.96. The summed E-state index contributed by atoms with van der Waals surface area (Å²) in [4.78, 5) is 12.6. The second-order valence-electron chi connectivity index (χ2n) is 4.96. The highest BCUT2D eigenvalue weighted by Crippen LogP contribution is 2.27. The van der Waals surface area contributed by atoms with E-state index in [2.05, 4.69) is 5.32 Å². The third-order valence-electron chi connectivity index (χ3n) is 3.55. The molecule has 1 N–H and O–H groups in total. The normalized spacial score (nSPS) is 11.6. The molecule has 0 saturated heterocycles. The Morgan fingerprint density at radius 2 is 1.64 bits per heavy atom. The molecule has 0 spiro atoms. The first-order valence-corrected chi connectivity index (χ1v) is 7.26. The number of carbonyl (C=O) groups is 1. The van der Waals surface area contributed by atoms with Gasteiger partial charge in [-0.05, 0) is 12.0 Å². The summed E-state index contributed by atoms with van der Waals surface area (Å²) in [5.74, 6) is 1.06. The molecule has 0 fully saturated rings. The van der Waals surface area contributed by atoms with Crippen molar-refractivity contribution in [2.24, 2.45) is 0 Å². The first-order chi connectivity index (χ1) is 10.7. The summed E-state index contributed by atoms with van der Waals surface area (Å²) in [7, 11) is 3.17. The fourth-order valence-corrected chi connectivity index (χ4v) is 2.37. The lowest BCUT2D eigenvalue weighted by Crippen LogP contribution is -2.20. The van der Waals surface area contributed by atoms with Crippen LogP contribution in [0, 0.1) is 0 Å². The topological polar surface area (TPSA) is 47.6 Å². The highest BCUT2D eigenvalue weighted by Gasteiger charge is 2.19. The Hall–Kier alpha value is -2.49. The monoisotopic (exact) mass is 299 g/mol. The van der Waals surface area contributed by atoms with Gasteiger partial charge >= 0.3 is 0 Å². The van der Waals surface area contributed by atoms with Gasteiger partial charge in [0.15, 0.2) is 0 Å². The van der Waals surface area contributed by atoms with Gasteiger partial charge in [-0.15, -0.1) is 0 Å². The van der Waals surface area contributed by atoms with Crippen molar-refractivity contribution in [2.45, 2.75) is 19.3 Å². The average Bonchev–Trinajstić information content (AvgIpc) is 2.56. The zero-order valence-electron chi connectivity index (χ0n) is 13.1. The van der Waals surface area contributed by atoms with Crippen LogP contribution in [0.25, 0.3) is 0 Å². The number of amides is 1. The molecule has 0 bridgehead atoms. The number of hydrogen-bond donors (Lipinski definition) is 1. The molecule has 0 aliphatic heterocycles. The minimum atomic E-state index is -0.182. The zero-order chi connectivity index (χ0) is 15.9. The van der Waals surface area contributed by atoms with Gasteiger partial charge in [0.2, 0.25) is 5.91 Å². The Labute approximate surface area is 131 Å². The van der Waals surface area contributed by atoms with Gasteiger partial charge in [-0.3, -0.25) is 4.79 Å². The highest BCUT2D eigenvalue weighted by molar-refractivity contribution is 5.96. The van der Waals surface area contributed by atoms with Crippen LogP contribution in [-0.4, -0.2) is 20.1 Å². The Bertz CT molecular complexity index is 603. The molecule has 1 atom stereocenters. The summed E-state index contributed by atoms with van der Waals surface area (Å²) in [6.45, 7) is 2.00. The van der Waals surface area contributed by atoms with E-state index < -0.39 is 0 Å². The van der Waals surface area contributed by atoms with Gasteiger partial charge in [0, 0.05) is 23.9 Å². The third-order valence-corrected chi connectivity index (χ3v) is 3.55. The summed E-state index contributed by atoms with van der Waals surface area (Å²) in [5.41, 5.74) is 1.67. The van der Waals surface area contributed by atoms with Crippen molar-refractivity contribution in [1.82, 2.24) is 0 Å². The van der Waals surface area contributed by atoms with E-state index in [4.69, 9.17) is 9.47 Å². The van der Waals surface area contributed by atoms with Crippen molar-refractivity contribution in [3.63, 3.8) is 0 Å². The summed E-state index contributed by atoms with van der Waals surface area (Å²) >= 11 is 0. The first kappa shape index (κ1) is 15.9. The SMILES string of the molecule is CC[C@H](C(=O)Nc1cc(OC)cc(OC)c1)c1ccccc1. The fourth-order valence-electron chi connectivity index (χ4n) is 2.37. The van der Waals surface area contributed by atoms with Crippen LogP contribution >= 0.6 is 0 Å². The van der Waals surface area contributed by atoms with Crippen LogP contribution in [0.3, 0.4) is 0 Å². The lowest BCUT2D eigenvalue weighted by molar-refractivity contribution is -0.117. The van der Waals surface area contributed by atoms with Crippen molar-refractivity contribution in [3.05, 3.63) is 54.1 Å². The van der Waals surface area contributed by atoms with E-state index in [1.54, 1.807) is 32.4 Å². The molecule has 2 rings (SSSR count). The molecule has 4 nitrogen and oxygen atoms in total. The van der Waals surface area contributed by atoms with Crippen molar-refractivity contribution in [2.75, 3.05) is 19.5 Å². The van der Waals surface area contributed by atoms with Crippen LogP contribution in [0.5, 0.6) is 11.5 Å². The molecule has 4 heteroatoms. The van der Waals surface area contributed by atoms with Crippen molar-refractivity contribution >= 4 is 11.6 Å². The molecule has 116 valence electrons. The maximum Gasteiger partial charge on any atom is 0.231 e. The van der Waals surface area contributed by atoms with E-state index >= 15 is 0 Å². The number of ether oxygens (including phenoxy) is 2. The Kier molecular flexibility index (Phi) is 5.42. The van der Waals surface area contributed by atoms with Gasteiger partial charge in [0.25, 0.3) is 0 Å². The molecule has 0 aliphatic rings. The fraction of sp³-hybridized carbons (Fsp3) is 0.278. The predicted octanol–water partition coefficient (Wildman–Crippen LogP) is 3.84. The van der Waals surface area contributed by atoms with E-state index in [0.717, 1.165) is 12.0 Å². The van der Waals surface area contributed by atoms with Gasteiger partial charge < -0.3 is 14.8 Å². The molecule has 2 aromatic carbocycles. The molecule has 2 aromatic rings. The number of rotatable bonds is 6.